The van der Waals surface area contributed by atoms with E-state index in [1.165, 1.54) is 0 Å². The van der Waals surface area contributed by atoms with Gasteiger partial charge in [0.2, 0.25) is 0 Å². The third-order valence-corrected chi connectivity index (χ3v) is 8.31. The summed E-state index contributed by atoms with van der Waals surface area (Å²) in [7, 11) is 0. The highest BCUT2D eigenvalue weighted by Crippen LogP contribution is 2.46. The Balaban J connectivity index is 1.40. The van der Waals surface area contributed by atoms with Gasteiger partial charge in [0.15, 0.2) is 0 Å². The van der Waals surface area contributed by atoms with E-state index < -0.39 is 137 Å². The van der Waals surface area contributed by atoms with Crippen molar-refractivity contribution in [3.8, 4) is 33.4 Å². The van der Waals surface area contributed by atoms with Gasteiger partial charge in [0.05, 0.1) is 27.4 Å². The van der Waals surface area contributed by atoms with Crippen LogP contribution in [-0.4, -0.2) is 0 Å². The minimum absolute atomic E-state index is 0.134. The van der Waals surface area contributed by atoms with Crippen molar-refractivity contribution in [1.82, 2.24) is 0 Å². The molecule has 10 rings (SSSR count). The van der Waals surface area contributed by atoms with Crippen molar-refractivity contribution >= 4 is 65.0 Å². The second-order valence-electron chi connectivity index (χ2n) is 10.9. The summed E-state index contributed by atoms with van der Waals surface area (Å²) in [5.74, 6) is 0. The van der Waals surface area contributed by atoms with E-state index in [-0.39, 0.29) is 71.1 Å². The van der Waals surface area contributed by atoms with Gasteiger partial charge in [-0.3, -0.25) is 0 Å². The Morgan fingerprint density at radius 2 is 1.00 bits per heavy atom. The number of hydrogen-bond acceptors (Lipinski definition) is 1. The largest absolute Gasteiger partial charge is 0.455 e. The minimum atomic E-state index is -0.760. The van der Waals surface area contributed by atoms with Gasteiger partial charge in [-0.2, -0.15) is 0 Å². The lowest BCUT2D eigenvalue weighted by Gasteiger charge is -2.19. The van der Waals surface area contributed by atoms with Gasteiger partial charge in [0.1, 0.15) is 11.2 Å². The number of fused-ring (bicyclic) bond motifs is 8. The summed E-state index contributed by atoms with van der Waals surface area (Å²) in [5, 5.41) is -0.481. The molecule has 0 spiro atoms. The van der Waals surface area contributed by atoms with E-state index >= 15 is 0 Å². The number of hydrogen-bond donors (Lipinski definition) is 0. The first-order chi connectivity index (χ1) is 31.7. The molecule has 0 amide bonds. The van der Waals surface area contributed by atoms with Crippen LogP contribution in [0.4, 0.5) is 0 Å². The molecule has 1 heteroatoms. The highest BCUT2D eigenvalue weighted by Gasteiger charge is 2.19. The molecular weight excluding hydrogens is 569 g/mol. The summed E-state index contributed by atoms with van der Waals surface area (Å²) >= 11 is 0. The van der Waals surface area contributed by atoms with E-state index in [1.54, 1.807) is 48.5 Å². The summed E-state index contributed by atoms with van der Waals surface area (Å²) in [5.41, 5.74) is -1.55. The van der Waals surface area contributed by atoms with E-state index in [0.717, 1.165) is 0 Å². The molecule has 0 unspecified atom stereocenters. The van der Waals surface area contributed by atoms with Gasteiger partial charge in [-0.05, 0) is 101 Å². The molecule has 1 nitrogen and oxygen atoms in total. The highest BCUT2D eigenvalue weighted by molar-refractivity contribution is 6.23. The fourth-order valence-corrected chi connectivity index (χ4v) is 6.33. The monoisotopic (exact) mass is 616 g/mol. The molecular formula is C46H28O. The minimum Gasteiger partial charge on any atom is -0.455 e. The number of furan rings is 1. The molecule has 0 atom stereocenters. The Morgan fingerprint density at radius 3 is 1.72 bits per heavy atom. The van der Waals surface area contributed by atoms with Crippen molar-refractivity contribution in [3.05, 3.63) is 169 Å². The second kappa shape index (κ2) is 10.2. The highest BCUT2D eigenvalue weighted by atomic mass is 16.3. The van der Waals surface area contributed by atoms with E-state index in [9.17, 15) is 6.85 Å². The first kappa shape index (κ1) is 13.3. The lowest BCUT2D eigenvalue weighted by Crippen LogP contribution is -1.92. The van der Waals surface area contributed by atoms with Crippen LogP contribution in [0.1, 0.15) is 27.4 Å². The zero-order chi connectivity index (χ0) is 48.3. The summed E-state index contributed by atoms with van der Waals surface area (Å²) in [4.78, 5) is 0. The van der Waals surface area contributed by atoms with Gasteiger partial charge in [-0.1, -0.05) is 139 Å². The van der Waals surface area contributed by atoms with Crippen LogP contribution in [0.25, 0.3) is 98.4 Å². The Bertz CT molecular complexity index is 3900. The van der Waals surface area contributed by atoms with Gasteiger partial charge in [-0.15, -0.1) is 0 Å². The van der Waals surface area contributed by atoms with Crippen LogP contribution in [0.3, 0.4) is 0 Å². The SMILES string of the molecule is [2H]c1c([2H])c([2H])c(-c2c([2H])c(-c3c4ccccc4c(-c4c([2H])c([2H])c5oc6c7c([2H])c([2H])c([2H])c([2H])c7c([2H])c([2H])c6c5c4[2H])c4ccccc34)c([2H])c3c([2H])c([2H])c([2H])c([2H])c23)c([2H])c1[2H]. The first-order valence-electron chi connectivity index (χ1n) is 24.6. The third kappa shape index (κ3) is 3.97. The zero-order valence-electron chi connectivity index (χ0n) is 44.0. The van der Waals surface area contributed by atoms with Crippen molar-refractivity contribution in [1.29, 1.82) is 0 Å². The number of rotatable bonds is 3. The molecule has 1 aromatic heterocycles. The molecule has 10 aromatic rings. The molecule has 0 fully saturated rings. The maximum atomic E-state index is 9.90. The lowest BCUT2D eigenvalue weighted by molar-refractivity contribution is 0.672. The van der Waals surface area contributed by atoms with Crippen molar-refractivity contribution in [2.45, 2.75) is 0 Å². The Morgan fingerprint density at radius 1 is 0.383 bits per heavy atom. The predicted octanol–water partition coefficient (Wildman–Crippen LogP) is 13.2. The van der Waals surface area contributed by atoms with Crippen molar-refractivity contribution in [3.63, 3.8) is 0 Å². The van der Waals surface area contributed by atoms with Gasteiger partial charge in [-0.25, -0.2) is 0 Å². The average Bonchev–Trinajstić information content (AvgIpc) is 3.72. The second-order valence-corrected chi connectivity index (χ2v) is 10.9. The fraction of sp³-hybridized carbons (Fsp3) is 0. The molecule has 47 heavy (non-hydrogen) atoms. The van der Waals surface area contributed by atoms with Crippen LogP contribution in [0, 0.1) is 0 Å². The maximum Gasteiger partial charge on any atom is 0.143 e. The molecule has 1 heterocycles. The topological polar surface area (TPSA) is 13.1 Å². The summed E-state index contributed by atoms with van der Waals surface area (Å²) < 4.78 is 184. The van der Waals surface area contributed by atoms with E-state index in [2.05, 4.69) is 0 Å². The van der Waals surface area contributed by atoms with E-state index in [1.807, 2.05) is 0 Å². The van der Waals surface area contributed by atoms with Crippen molar-refractivity contribution in [2.24, 2.45) is 0 Å². The van der Waals surface area contributed by atoms with Gasteiger partial charge in [0.25, 0.3) is 0 Å². The Hall–Kier alpha value is -6.18. The third-order valence-electron chi connectivity index (χ3n) is 8.31. The fourth-order valence-electron chi connectivity index (χ4n) is 6.33. The normalized spacial score (nSPS) is 17.8. The molecule has 218 valence electrons. The average molecular weight is 617 g/mol. The standard InChI is InChI=1S/C46H28O/c1-2-12-29(13-3-1)41-28-33(26-31-15-5-6-16-34(31)41)45-38-20-10-8-18-36(38)44(37-19-9-11-21-39(37)45)32-23-25-43-42(27-32)40-24-22-30-14-4-7-17-35(30)46(40)47-43/h1-28H/i1D,2D,3D,4D,5D,6D,7D,12D,13D,14D,15D,16D,17D,22D,23D,24D,25D,26D,27D,28D. The van der Waals surface area contributed by atoms with Crippen LogP contribution in [0.15, 0.2) is 174 Å². The Labute approximate surface area is 300 Å². The molecule has 0 N–H and O–H groups in total. The quantitative estimate of drug-likeness (QED) is 0.180. The van der Waals surface area contributed by atoms with Gasteiger partial charge >= 0.3 is 0 Å². The zero-order valence-corrected chi connectivity index (χ0v) is 24.0. The summed E-state index contributed by atoms with van der Waals surface area (Å²) in [6, 6.07) is 0.448. The molecule has 0 aliphatic heterocycles. The van der Waals surface area contributed by atoms with Gasteiger partial charge < -0.3 is 4.42 Å². The van der Waals surface area contributed by atoms with Crippen molar-refractivity contribution < 1.29 is 31.8 Å². The molecule has 0 saturated heterocycles. The summed E-state index contributed by atoms with van der Waals surface area (Å²) in [6.07, 6.45) is 0. The van der Waals surface area contributed by atoms with Gasteiger partial charge in [0, 0.05) is 16.2 Å². The molecule has 0 aliphatic rings. The first-order valence-corrected chi connectivity index (χ1v) is 14.6. The summed E-state index contributed by atoms with van der Waals surface area (Å²) in [6.45, 7) is 0. The van der Waals surface area contributed by atoms with Crippen LogP contribution in [0.5, 0.6) is 0 Å². The molecule has 0 saturated carbocycles. The molecule has 0 bridgehead atoms. The lowest BCUT2D eigenvalue weighted by atomic mass is 9.84. The van der Waals surface area contributed by atoms with E-state index in [4.69, 9.17) is 25.0 Å². The van der Waals surface area contributed by atoms with Crippen molar-refractivity contribution in [2.75, 3.05) is 0 Å². The number of benzene rings is 9. The maximum absolute atomic E-state index is 9.90. The molecule has 9 aromatic carbocycles. The predicted molar refractivity (Wildman–Crippen MR) is 200 cm³/mol. The van der Waals surface area contributed by atoms with Crippen LogP contribution >= 0.6 is 0 Å². The molecule has 0 radical (unpaired) electrons. The van der Waals surface area contributed by atoms with Crippen LogP contribution < -0.4 is 0 Å². The van der Waals surface area contributed by atoms with Crippen LogP contribution in [0.2, 0.25) is 0 Å². The van der Waals surface area contributed by atoms with E-state index in [0.29, 0.717) is 10.8 Å². The smallest absolute Gasteiger partial charge is 0.143 e. The Kier molecular flexibility index (Phi) is 2.87. The molecule has 0 aliphatic carbocycles. The van der Waals surface area contributed by atoms with Crippen LogP contribution in [-0.2, 0) is 0 Å².